The maximum absolute atomic E-state index is 13.2. The van der Waals surface area contributed by atoms with Gasteiger partial charge in [0.2, 0.25) is 5.91 Å². The topological polar surface area (TPSA) is 115 Å². The summed E-state index contributed by atoms with van der Waals surface area (Å²) in [5, 5.41) is 14.9. The standard InChI is InChI=1S/C27H33N5O4S2/c1-5-36-26(35)22-19-12-7-6-8-13-20(19)38-25(22)29-23(33)17(3)37-27-31-30-21(32(27)4)15-28-24(34)18-11-9-10-16(2)14-18/h9-11,14,17H,5-8,12-13,15H2,1-4H3,(H,28,34)(H,29,33). The lowest BCUT2D eigenvalue weighted by atomic mass is 10.1. The number of carbonyl (C=O) groups excluding carboxylic acids is 3. The third kappa shape index (κ3) is 6.44. The average Bonchev–Trinajstić information content (AvgIpc) is 3.31. The van der Waals surface area contributed by atoms with Crippen LogP contribution >= 0.6 is 23.1 Å². The number of anilines is 1. The zero-order chi connectivity index (χ0) is 27.2. The molecule has 0 spiro atoms. The summed E-state index contributed by atoms with van der Waals surface area (Å²) in [4.78, 5) is 39.6. The van der Waals surface area contributed by atoms with Gasteiger partial charge in [-0.1, -0.05) is 35.9 Å². The lowest BCUT2D eigenvalue weighted by molar-refractivity contribution is -0.115. The summed E-state index contributed by atoms with van der Waals surface area (Å²) in [5.74, 6) is -0.222. The summed E-state index contributed by atoms with van der Waals surface area (Å²) in [6, 6.07) is 7.37. The van der Waals surface area contributed by atoms with Gasteiger partial charge in [-0.05, 0) is 64.2 Å². The van der Waals surface area contributed by atoms with E-state index in [1.165, 1.54) is 23.1 Å². The number of rotatable bonds is 9. The van der Waals surface area contributed by atoms with Crippen molar-refractivity contribution in [3.63, 3.8) is 0 Å². The molecule has 0 saturated heterocycles. The van der Waals surface area contributed by atoms with Gasteiger partial charge in [-0.25, -0.2) is 4.79 Å². The fourth-order valence-corrected chi connectivity index (χ4v) is 6.44. The summed E-state index contributed by atoms with van der Waals surface area (Å²) in [5.41, 5.74) is 3.12. The van der Waals surface area contributed by atoms with Gasteiger partial charge in [0.05, 0.1) is 24.0 Å². The van der Waals surface area contributed by atoms with Crippen molar-refractivity contribution in [3.8, 4) is 0 Å². The molecule has 0 saturated carbocycles. The Morgan fingerprint density at radius 3 is 2.74 bits per heavy atom. The first kappa shape index (κ1) is 27.8. The largest absolute Gasteiger partial charge is 0.462 e. The van der Waals surface area contributed by atoms with Crippen molar-refractivity contribution in [3.05, 3.63) is 57.2 Å². The number of aromatic nitrogens is 3. The van der Waals surface area contributed by atoms with Gasteiger partial charge in [-0.3, -0.25) is 9.59 Å². The van der Waals surface area contributed by atoms with E-state index in [9.17, 15) is 14.4 Å². The Bertz CT molecular complexity index is 1330. The minimum Gasteiger partial charge on any atom is -0.462 e. The molecule has 4 rings (SSSR count). The van der Waals surface area contributed by atoms with Crippen molar-refractivity contribution in [2.45, 2.75) is 69.8 Å². The van der Waals surface area contributed by atoms with E-state index in [2.05, 4.69) is 20.8 Å². The molecule has 9 nitrogen and oxygen atoms in total. The lowest BCUT2D eigenvalue weighted by Crippen LogP contribution is -2.25. The van der Waals surface area contributed by atoms with Crippen LogP contribution in [0.4, 0.5) is 5.00 Å². The molecule has 11 heteroatoms. The van der Waals surface area contributed by atoms with E-state index < -0.39 is 5.25 Å². The van der Waals surface area contributed by atoms with Gasteiger partial charge < -0.3 is 19.9 Å². The first-order valence-corrected chi connectivity index (χ1v) is 14.5. The molecule has 3 aromatic rings. The van der Waals surface area contributed by atoms with Crippen LogP contribution in [0.1, 0.15) is 75.7 Å². The second kappa shape index (κ2) is 12.6. The van der Waals surface area contributed by atoms with Gasteiger partial charge in [0.1, 0.15) is 5.00 Å². The number of amides is 2. The molecule has 202 valence electrons. The van der Waals surface area contributed by atoms with Crippen molar-refractivity contribution in [2.75, 3.05) is 11.9 Å². The number of nitrogens with one attached hydrogen (secondary N) is 2. The molecule has 2 amide bonds. The van der Waals surface area contributed by atoms with Gasteiger partial charge in [0, 0.05) is 17.5 Å². The number of carbonyl (C=O) groups is 3. The first-order valence-electron chi connectivity index (χ1n) is 12.8. The zero-order valence-electron chi connectivity index (χ0n) is 22.1. The Hall–Kier alpha value is -3.18. The Morgan fingerprint density at radius 2 is 1.97 bits per heavy atom. The predicted molar refractivity (Wildman–Crippen MR) is 149 cm³/mol. The quantitative estimate of drug-likeness (QED) is 0.224. The first-order chi connectivity index (χ1) is 18.3. The van der Waals surface area contributed by atoms with Crippen molar-refractivity contribution >= 4 is 45.9 Å². The van der Waals surface area contributed by atoms with Crippen LogP contribution in [0.3, 0.4) is 0 Å². The number of fused-ring (bicyclic) bond motifs is 1. The number of hydrogen-bond acceptors (Lipinski definition) is 8. The monoisotopic (exact) mass is 555 g/mol. The van der Waals surface area contributed by atoms with E-state index in [-0.39, 0.29) is 30.9 Å². The highest BCUT2D eigenvalue weighted by atomic mass is 32.2. The Morgan fingerprint density at radius 1 is 1.18 bits per heavy atom. The Balaban J connectivity index is 1.41. The molecule has 2 N–H and O–H groups in total. The number of ether oxygens (including phenoxy) is 1. The predicted octanol–water partition coefficient (Wildman–Crippen LogP) is 4.68. The van der Waals surface area contributed by atoms with Crippen LogP contribution in [-0.4, -0.2) is 44.4 Å². The Kier molecular flexibility index (Phi) is 9.22. The minimum atomic E-state index is -0.496. The van der Waals surface area contributed by atoms with Crippen LogP contribution in [-0.2, 0) is 36.0 Å². The Labute approximate surface area is 230 Å². The highest BCUT2D eigenvalue weighted by Crippen LogP contribution is 2.38. The maximum atomic E-state index is 13.2. The molecule has 0 bridgehead atoms. The van der Waals surface area contributed by atoms with E-state index in [1.54, 1.807) is 31.5 Å². The van der Waals surface area contributed by atoms with Crippen molar-refractivity contribution in [2.24, 2.45) is 7.05 Å². The maximum Gasteiger partial charge on any atom is 0.341 e. The number of aryl methyl sites for hydroxylation is 2. The number of thiophene rings is 1. The molecular weight excluding hydrogens is 522 g/mol. The lowest BCUT2D eigenvalue weighted by Gasteiger charge is -2.12. The number of nitrogens with zero attached hydrogens (tertiary/aromatic N) is 3. The van der Waals surface area contributed by atoms with Crippen LogP contribution in [0, 0.1) is 6.92 Å². The fourth-order valence-electron chi connectivity index (χ4n) is 4.32. The molecule has 0 fully saturated rings. The molecule has 0 radical (unpaired) electrons. The third-order valence-electron chi connectivity index (χ3n) is 6.40. The van der Waals surface area contributed by atoms with Crippen molar-refractivity contribution in [1.82, 2.24) is 20.1 Å². The molecule has 1 aliphatic carbocycles. The average molecular weight is 556 g/mol. The molecule has 0 aliphatic heterocycles. The SMILES string of the molecule is CCOC(=O)c1c(NC(=O)C(C)Sc2nnc(CNC(=O)c3cccc(C)c3)n2C)sc2c1CCCCC2. The number of hydrogen-bond donors (Lipinski definition) is 2. The molecule has 2 aromatic heterocycles. The van der Waals surface area contributed by atoms with Crippen LogP contribution < -0.4 is 10.6 Å². The molecule has 1 atom stereocenters. The smallest absolute Gasteiger partial charge is 0.341 e. The van der Waals surface area contributed by atoms with Gasteiger partial charge in [0.25, 0.3) is 5.91 Å². The third-order valence-corrected chi connectivity index (χ3v) is 8.74. The van der Waals surface area contributed by atoms with E-state index >= 15 is 0 Å². The number of esters is 1. The van der Waals surface area contributed by atoms with E-state index in [4.69, 9.17) is 4.74 Å². The molecule has 1 unspecified atom stereocenters. The highest BCUT2D eigenvalue weighted by Gasteiger charge is 2.28. The second-order valence-corrected chi connectivity index (χ2v) is 11.7. The van der Waals surface area contributed by atoms with E-state index in [0.29, 0.717) is 27.1 Å². The van der Waals surface area contributed by atoms with Crippen LogP contribution in [0.5, 0.6) is 0 Å². The highest BCUT2D eigenvalue weighted by molar-refractivity contribution is 8.00. The van der Waals surface area contributed by atoms with Crippen molar-refractivity contribution in [1.29, 1.82) is 0 Å². The minimum absolute atomic E-state index is 0.189. The van der Waals surface area contributed by atoms with Gasteiger partial charge in [-0.2, -0.15) is 0 Å². The van der Waals surface area contributed by atoms with E-state index in [1.807, 2.05) is 25.1 Å². The molecular formula is C27H33N5O4S2. The van der Waals surface area contributed by atoms with Gasteiger partial charge in [-0.15, -0.1) is 21.5 Å². The molecule has 1 aromatic carbocycles. The summed E-state index contributed by atoms with van der Waals surface area (Å²) < 4.78 is 7.09. The molecule has 2 heterocycles. The second-order valence-electron chi connectivity index (χ2n) is 9.25. The molecule has 38 heavy (non-hydrogen) atoms. The summed E-state index contributed by atoms with van der Waals surface area (Å²) >= 11 is 2.75. The summed E-state index contributed by atoms with van der Waals surface area (Å²) in [6.07, 6.45) is 4.97. The van der Waals surface area contributed by atoms with Gasteiger partial charge in [0.15, 0.2) is 11.0 Å². The molecule has 1 aliphatic rings. The fraction of sp³-hybridized carbons (Fsp3) is 0.444. The van der Waals surface area contributed by atoms with Crippen LogP contribution in [0.25, 0.3) is 0 Å². The van der Waals surface area contributed by atoms with Crippen molar-refractivity contribution < 1.29 is 19.1 Å². The normalized spacial score (nSPS) is 13.8. The summed E-state index contributed by atoms with van der Waals surface area (Å²) in [6.45, 7) is 6.00. The van der Waals surface area contributed by atoms with Crippen LogP contribution in [0.2, 0.25) is 0 Å². The van der Waals surface area contributed by atoms with E-state index in [0.717, 1.165) is 48.1 Å². The zero-order valence-corrected chi connectivity index (χ0v) is 23.8. The number of thioether (sulfide) groups is 1. The van der Waals surface area contributed by atoms with Gasteiger partial charge >= 0.3 is 5.97 Å². The number of benzene rings is 1. The summed E-state index contributed by atoms with van der Waals surface area (Å²) in [7, 11) is 1.80. The van der Waals surface area contributed by atoms with Crippen LogP contribution in [0.15, 0.2) is 29.4 Å².